The van der Waals surface area contributed by atoms with Crippen LogP contribution in [0.5, 0.6) is 0 Å². The van der Waals surface area contributed by atoms with E-state index in [0.29, 0.717) is 30.1 Å². The van der Waals surface area contributed by atoms with Crippen LogP contribution in [0.15, 0.2) is 12.7 Å². The third kappa shape index (κ3) is 3.27. The molecule has 4 atom stereocenters. The van der Waals surface area contributed by atoms with E-state index in [1.54, 1.807) is 4.57 Å². The molecule has 0 unspecified atom stereocenters. The van der Waals surface area contributed by atoms with Crippen LogP contribution in [0.4, 0.5) is 5.82 Å². The minimum atomic E-state index is -1.19. The Morgan fingerprint density at radius 1 is 1.22 bits per heavy atom. The van der Waals surface area contributed by atoms with Gasteiger partial charge in [0.1, 0.15) is 24.6 Å². The molecule has 0 aliphatic carbocycles. The molecule has 2 aromatic rings. The van der Waals surface area contributed by atoms with Gasteiger partial charge in [0.2, 0.25) is 0 Å². The summed E-state index contributed by atoms with van der Waals surface area (Å²) < 4.78 is 13.1. The van der Waals surface area contributed by atoms with Gasteiger partial charge in [-0.05, 0) is 20.3 Å². The number of aliphatic hydroxyl groups excluding tert-OH is 3. The maximum Gasteiger partial charge on any atom is 0.167 e. The highest BCUT2D eigenvalue weighted by atomic mass is 16.6. The molecule has 2 saturated heterocycles. The van der Waals surface area contributed by atoms with Gasteiger partial charge in [0.15, 0.2) is 23.2 Å². The number of rotatable bonds is 3. The Bertz CT molecular complexity index is 812. The number of hydrogen-bond acceptors (Lipinski definition) is 9. The Kier molecular flexibility index (Phi) is 4.77. The zero-order valence-corrected chi connectivity index (χ0v) is 15.4. The van der Waals surface area contributed by atoms with E-state index in [2.05, 4.69) is 19.9 Å². The molecule has 10 heteroatoms. The number of aliphatic hydroxyl groups is 3. The third-order valence-corrected chi connectivity index (χ3v) is 5.07. The van der Waals surface area contributed by atoms with Crippen molar-refractivity contribution in [1.29, 1.82) is 0 Å². The molecule has 3 N–H and O–H groups in total. The first-order valence-corrected chi connectivity index (χ1v) is 9.10. The summed E-state index contributed by atoms with van der Waals surface area (Å²) in [4.78, 5) is 15.3. The summed E-state index contributed by atoms with van der Waals surface area (Å²) in [5.41, 5.74) is 0.783. The molecular formula is C17H25N5O5. The lowest BCUT2D eigenvalue weighted by molar-refractivity contribution is -0.0511. The normalized spacial score (nSPS) is 31.4. The second kappa shape index (κ2) is 6.95. The van der Waals surface area contributed by atoms with Crippen molar-refractivity contribution in [3.8, 4) is 0 Å². The molecule has 0 saturated carbocycles. The van der Waals surface area contributed by atoms with E-state index in [0.717, 1.165) is 13.0 Å². The van der Waals surface area contributed by atoms with Gasteiger partial charge in [-0.25, -0.2) is 15.0 Å². The zero-order valence-electron chi connectivity index (χ0n) is 15.4. The fourth-order valence-electron chi connectivity index (χ4n) is 3.74. The second-order valence-corrected chi connectivity index (χ2v) is 7.63. The Balaban J connectivity index is 1.70. The van der Waals surface area contributed by atoms with Crippen LogP contribution < -0.4 is 4.90 Å². The summed E-state index contributed by atoms with van der Waals surface area (Å²) in [5, 5.41) is 29.6. The summed E-state index contributed by atoms with van der Waals surface area (Å²) in [6.45, 7) is 5.85. The van der Waals surface area contributed by atoms with Gasteiger partial charge in [-0.2, -0.15) is 0 Å². The van der Waals surface area contributed by atoms with Crippen LogP contribution in [-0.2, 0) is 9.47 Å². The van der Waals surface area contributed by atoms with Gasteiger partial charge in [0, 0.05) is 19.7 Å². The van der Waals surface area contributed by atoms with Crippen LogP contribution in [0, 0.1) is 0 Å². The molecule has 0 bridgehead atoms. The first-order valence-electron chi connectivity index (χ1n) is 9.10. The van der Waals surface area contributed by atoms with Crippen LogP contribution in [0.3, 0.4) is 0 Å². The van der Waals surface area contributed by atoms with Crippen LogP contribution >= 0.6 is 0 Å². The number of aromatic nitrogens is 4. The summed E-state index contributed by atoms with van der Waals surface area (Å²) in [6.07, 6.45) is -0.254. The van der Waals surface area contributed by atoms with Gasteiger partial charge in [-0.15, -0.1) is 0 Å². The lowest BCUT2D eigenvalue weighted by atomic mass is 10.1. The Morgan fingerprint density at radius 3 is 2.78 bits per heavy atom. The molecule has 2 aromatic heterocycles. The molecule has 0 spiro atoms. The largest absolute Gasteiger partial charge is 0.394 e. The number of ether oxygens (including phenoxy) is 2. The van der Waals surface area contributed by atoms with E-state index in [-0.39, 0.29) is 12.2 Å². The molecule has 2 aliphatic heterocycles. The van der Waals surface area contributed by atoms with Crippen molar-refractivity contribution in [3.05, 3.63) is 12.7 Å². The summed E-state index contributed by atoms with van der Waals surface area (Å²) in [6, 6.07) is 0. The van der Waals surface area contributed by atoms with Crippen LogP contribution in [0.25, 0.3) is 11.2 Å². The molecule has 0 radical (unpaired) electrons. The zero-order chi connectivity index (χ0) is 19.2. The highest BCUT2D eigenvalue weighted by Gasteiger charge is 2.44. The Morgan fingerprint density at radius 2 is 2.04 bits per heavy atom. The van der Waals surface area contributed by atoms with Crippen molar-refractivity contribution in [2.45, 2.75) is 50.4 Å². The highest BCUT2D eigenvalue weighted by molar-refractivity contribution is 5.83. The van der Waals surface area contributed by atoms with Gasteiger partial charge in [0.25, 0.3) is 0 Å². The van der Waals surface area contributed by atoms with Crippen molar-refractivity contribution in [1.82, 2.24) is 19.5 Å². The lowest BCUT2D eigenvalue weighted by Crippen LogP contribution is -2.39. The average molecular weight is 379 g/mol. The number of fused-ring (bicyclic) bond motifs is 1. The molecule has 27 heavy (non-hydrogen) atoms. The molecule has 4 rings (SSSR count). The molecule has 0 amide bonds. The Labute approximate surface area is 156 Å². The average Bonchev–Trinajstić information content (AvgIpc) is 3.12. The molecule has 10 nitrogen and oxygen atoms in total. The van der Waals surface area contributed by atoms with E-state index in [4.69, 9.17) is 9.47 Å². The standard InChI is InChI=1S/C17H25N5O5/c1-17(2)7-21(4-3-5-26-17)14-11-15(19-8-18-14)22(9-20-11)16-13(25)12(24)10(6-23)27-16/h8-10,12-13,16,23-25H,3-7H2,1-2H3/t10-,12-,13-,16-/m1/s1. The molecule has 148 valence electrons. The van der Waals surface area contributed by atoms with E-state index < -0.39 is 24.5 Å². The number of nitrogens with zero attached hydrogens (tertiary/aromatic N) is 5. The summed E-state index contributed by atoms with van der Waals surface area (Å²) in [5.74, 6) is 0.698. The predicted octanol–water partition coefficient (Wildman–Crippen LogP) is -0.557. The van der Waals surface area contributed by atoms with Crippen LogP contribution in [0.2, 0.25) is 0 Å². The van der Waals surface area contributed by atoms with Crippen molar-refractivity contribution < 1.29 is 24.8 Å². The first-order chi connectivity index (χ1) is 12.9. The number of anilines is 1. The number of imidazole rings is 1. The maximum atomic E-state index is 10.3. The quantitative estimate of drug-likeness (QED) is 0.643. The highest BCUT2D eigenvalue weighted by Crippen LogP contribution is 2.33. The topological polar surface area (TPSA) is 126 Å². The Hall–Kier alpha value is -1.85. The van der Waals surface area contributed by atoms with Crippen LogP contribution in [0.1, 0.15) is 26.5 Å². The van der Waals surface area contributed by atoms with Crippen molar-refractivity contribution in [2.75, 3.05) is 31.2 Å². The van der Waals surface area contributed by atoms with Gasteiger partial charge < -0.3 is 29.7 Å². The summed E-state index contributed by atoms with van der Waals surface area (Å²) in [7, 11) is 0. The minimum Gasteiger partial charge on any atom is -0.394 e. The van der Waals surface area contributed by atoms with E-state index in [9.17, 15) is 15.3 Å². The fourth-order valence-corrected chi connectivity index (χ4v) is 3.74. The second-order valence-electron chi connectivity index (χ2n) is 7.63. The van der Waals surface area contributed by atoms with Crippen molar-refractivity contribution in [3.63, 3.8) is 0 Å². The lowest BCUT2D eigenvalue weighted by Gasteiger charge is -2.29. The first kappa shape index (κ1) is 18.5. The maximum absolute atomic E-state index is 10.3. The molecular weight excluding hydrogens is 354 g/mol. The molecule has 2 aliphatic rings. The van der Waals surface area contributed by atoms with Crippen LogP contribution in [-0.4, -0.2) is 85.1 Å². The van der Waals surface area contributed by atoms with E-state index in [1.165, 1.54) is 12.7 Å². The predicted molar refractivity (Wildman–Crippen MR) is 95.2 cm³/mol. The van der Waals surface area contributed by atoms with Crippen molar-refractivity contribution in [2.24, 2.45) is 0 Å². The molecule has 2 fully saturated rings. The van der Waals surface area contributed by atoms with Gasteiger partial charge >= 0.3 is 0 Å². The third-order valence-electron chi connectivity index (χ3n) is 5.07. The smallest absolute Gasteiger partial charge is 0.167 e. The van der Waals surface area contributed by atoms with Gasteiger partial charge in [0.05, 0.1) is 18.5 Å². The fraction of sp³-hybridized carbons (Fsp3) is 0.706. The summed E-state index contributed by atoms with van der Waals surface area (Å²) >= 11 is 0. The molecule has 4 heterocycles. The minimum absolute atomic E-state index is 0.306. The molecule has 0 aromatic carbocycles. The van der Waals surface area contributed by atoms with Crippen molar-refractivity contribution >= 4 is 17.0 Å². The SMILES string of the molecule is CC1(C)CN(c2ncnc3c2ncn3[C@@H]2O[C@H](CO)[C@@H](O)[C@H]2O)CCCO1. The van der Waals surface area contributed by atoms with Gasteiger partial charge in [-0.3, -0.25) is 4.57 Å². The van der Waals surface area contributed by atoms with Gasteiger partial charge in [-0.1, -0.05) is 0 Å². The van der Waals surface area contributed by atoms with E-state index >= 15 is 0 Å². The number of hydrogen-bond donors (Lipinski definition) is 3. The van der Waals surface area contributed by atoms with E-state index in [1.807, 2.05) is 13.8 Å². The monoisotopic (exact) mass is 379 g/mol.